The van der Waals surface area contributed by atoms with Gasteiger partial charge in [0, 0.05) is 37.3 Å². The summed E-state index contributed by atoms with van der Waals surface area (Å²) >= 11 is 0. The van der Waals surface area contributed by atoms with Crippen molar-refractivity contribution in [2.45, 2.75) is 51.7 Å². The van der Waals surface area contributed by atoms with Crippen LogP contribution in [0.15, 0.2) is 54.7 Å². The molecule has 220 valence electrons. The molecule has 1 atom stereocenters. The van der Waals surface area contributed by atoms with E-state index in [1.807, 2.05) is 45.0 Å². The molecule has 0 unspecified atom stereocenters. The first-order valence-electron chi connectivity index (χ1n) is 13.8. The lowest BCUT2D eigenvalue weighted by molar-refractivity contribution is 0.0206. The number of aromatic nitrogens is 3. The summed E-state index contributed by atoms with van der Waals surface area (Å²) in [6, 6.07) is 14.0. The molecule has 4 aromatic rings. The van der Waals surface area contributed by atoms with Crippen LogP contribution in [0, 0.1) is 0 Å². The molecule has 42 heavy (non-hydrogen) atoms. The number of likely N-dealkylation sites (tertiary alicyclic amines) is 1. The van der Waals surface area contributed by atoms with E-state index in [1.165, 1.54) is 12.1 Å². The molecule has 3 N–H and O–H groups in total. The number of anilines is 1. The number of carbonyl (C=O) groups is 2. The molecule has 11 nitrogen and oxygen atoms in total. The second kappa shape index (κ2) is 12.0. The van der Waals surface area contributed by atoms with Crippen LogP contribution < -0.4 is 14.8 Å². The molecule has 1 aliphatic heterocycles. The molecule has 11 heteroatoms. The van der Waals surface area contributed by atoms with E-state index in [0.29, 0.717) is 47.9 Å². The summed E-state index contributed by atoms with van der Waals surface area (Å²) in [5.74, 6) is 1.33. The first kappa shape index (κ1) is 28.7. The first-order valence-corrected chi connectivity index (χ1v) is 13.8. The fraction of sp³-hybridized carbons (Fsp3) is 0.355. The summed E-state index contributed by atoms with van der Waals surface area (Å²) in [7, 11) is 1.63. The zero-order valence-corrected chi connectivity index (χ0v) is 24.1. The fourth-order valence-electron chi connectivity index (χ4n) is 4.88. The summed E-state index contributed by atoms with van der Waals surface area (Å²) in [5.41, 5.74) is 1.97. The van der Waals surface area contributed by atoms with Gasteiger partial charge in [-0.25, -0.2) is 14.6 Å². The van der Waals surface area contributed by atoms with Crippen LogP contribution in [0.25, 0.3) is 11.0 Å². The quantitative estimate of drug-likeness (QED) is 0.236. The number of aromatic carboxylic acids is 1. The van der Waals surface area contributed by atoms with Gasteiger partial charge in [0.2, 0.25) is 0 Å². The molecule has 3 heterocycles. The third-order valence-corrected chi connectivity index (χ3v) is 6.90. The monoisotopic (exact) mass is 573 g/mol. The number of carbonyl (C=O) groups excluding carboxylic acids is 1. The van der Waals surface area contributed by atoms with Crippen molar-refractivity contribution < 1.29 is 28.9 Å². The number of fused-ring (bicyclic) bond motifs is 1. The SMILES string of the molecule is COc1ccc(Cc2cnc3[nH]nc(N[C@@H]4CCCN(C(=O)OC(C)(C)C)C4)c3c2Oc2ccc(C(=O)O)cc2)cc1. The Balaban J connectivity index is 1.47. The van der Waals surface area contributed by atoms with Crippen molar-refractivity contribution in [3.05, 3.63) is 71.4 Å². The van der Waals surface area contributed by atoms with Gasteiger partial charge >= 0.3 is 12.1 Å². The van der Waals surface area contributed by atoms with E-state index in [0.717, 1.165) is 29.7 Å². The van der Waals surface area contributed by atoms with Crippen molar-refractivity contribution >= 4 is 28.9 Å². The number of rotatable bonds is 8. The van der Waals surface area contributed by atoms with Crippen molar-refractivity contribution in [1.29, 1.82) is 0 Å². The summed E-state index contributed by atoms with van der Waals surface area (Å²) in [4.78, 5) is 30.4. The molecule has 1 saturated heterocycles. The number of ether oxygens (including phenoxy) is 3. The van der Waals surface area contributed by atoms with E-state index in [1.54, 1.807) is 30.3 Å². The molecule has 0 aliphatic carbocycles. The summed E-state index contributed by atoms with van der Waals surface area (Å²) in [6.07, 6.45) is 3.60. The van der Waals surface area contributed by atoms with Crippen molar-refractivity contribution in [1.82, 2.24) is 20.1 Å². The first-order chi connectivity index (χ1) is 20.1. The molecule has 1 aliphatic rings. The van der Waals surface area contributed by atoms with Gasteiger partial charge in [0.1, 0.15) is 28.2 Å². The van der Waals surface area contributed by atoms with Gasteiger partial charge in [-0.05, 0) is 75.6 Å². The number of hydrogen-bond donors (Lipinski definition) is 3. The minimum atomic E-state index is -1.01. The van der Waals surface area contributed by atoms with Gasteiger partial charge in [0.15, 0.2) is 11.5 Å². The van der Waals surface area contributed by atoms with Crippen molar-refractivity contribution in [2.75, 3.05) is 25.5 Å². The van der Waals surface area contributed by atoms with E-state index in [9.17, 15) is 14.7 Å². The van der Waals surface area contributed by atoms with E-state index in [-0.39, 0.29) is 17.7 Å². The lowest BCUT2D eigenvalue weighted by atomic mass is 10.0. The van der Waals surface area contributed by atoms with E-state index in [4.69, 9.17) is 14.2 Å². The Labute approximate surface area is 243 Å². The number of hydrogen-bond acceptors (Lipinski definition) is 8. The maximum absolute atomic E-state index is 12.7. The number of H-pyrrole nitrogens is 1. The fourth-order valence-corrected chi connectivity index (χ4v) is 4.88. The maximum atomic E-state index is 12.7. The third kappa shape index (κ3) is 6.73. The van der Waals surface area contributed by atoms with Crippen LogP contribution in [0.5, 0.6) is 17.2 Å². The van der Waals surface area contributed by atoms with Gasteiger partial charge in [0.25, 0.3) is 0 Å². The maximum Gasteiger partial charge on any atom is 0.410 e. The second-order valence-electron chi connectivity index (χ2n) is 11.3. The molecule has 2 aromatic carbocycles. The van der Waals surface area contributed by atoms with Gasteiger partial charge in [-0.2, -0.15) is 5.10 Å². The zero-order chi connectivity index (χ0) is 29.9. The standard InChI is InChI=1S/C31H35N5O6/c1-31(2,3)42-30(39)36-15-5-6-22(18-36)33-28-25-26(41-24-13-9-20(10-14-24)29(37)38)21(17-32-27(25)34-35-28)16-19-7-11-23(40-4)12-8-19/h7-14,17,22H,5-6,15-16,18H2,1-4H3,(H,37,38)(H2,32,33,34,35)/t22-/m1/s1. The third-order valence-electron chi connectivity index (χ3n) is 6.90. The minimum Gasteiger partial charge on any atom is -0.497 e. The van der Waals surface area contributed by atoms with Gasteiger partial charge in [0.05, 0.1) is 12.7 Å². The molecule has 0 radical (unpaired) electrons. The molecule has 5 rings (SSSR count). The lowest BCUT2D eigenvalue weighted by Gasteiger charge is -2.34. The van der Waals surface area contributed by atoms with Gasteiger partial charge in [-0.1, -0.05) is 12.1 Å². The highest BCUT2D eigenvalue weighted by molar-refractivity contribution is 5.94. The lowest BCUT2D eigenvalue weighted by Crippen LogP contribution is -2.47. The number of pyridine rings is 1. The molecule has 1 amide bonds. The predicted molar refractivity (Wildman–Crippen MR) is 158 cm³/mol. The topological polar surface area (TPSA) is 139 Å². The van der Waals surface area contributed by atoms with E-state index < -0.39 is 11.6 Å². The van der Waals surface area contributed by atoms with Crippen LogP contribution >= 0.6 is 0 Å². The van der Waals surface area contributed by atoms with Gasteiger partial charge in [-0.3, -0.25) is 5.10 Å². The predicted octanol–water partition coefficient (Wildman–Crippen LogP) is 5.86. The van der Waals surface area contributed by atoms with Crippen LogP contribution in [0.4, 0.5) is 10.6 Å². The highest BCUT2D eigenvalue weighted by atomic mass is 16.6. The number of amides is 1. The Kier molecular flexibility index (Phi) is 8.19. The summed E-state index contributed by atoms with van der Waals surface area (Å²) < 4.78 is 17.3. The molecule has 1 fully saturated rings. The smallest absolute Gasteiger partial charge is 0.410 e. The van der Waals surface area contributed by atoms with Gasteiger partial charge < -0.3 is 29.5 Å². The Morgan fingerprint density at radius 1 is 1.10 bits per heavy atom. The van der Waals surface area contributed by atoms with Crippen LogP contribution in [0.1, 0.15) is 55.1 Å². The molecule has 0 bridgehead atoms. The number of carboxylic acid groups (broad SMARTS) is 1. The van der Waals surface area contributed by atoms with Crippen LogP contribution in [0.2, 0.25) is 0 Å². The van der Waals surface area contributed by atoms with Crippen LogP contribution in [-0.4, -0.2) is 69.1 Å². The van der Waals surface area contributed by atoms with E-state index in [2.05, 4.69) is 20.5 Å². The molecule has 0 saturated carbocycles. The van der Waals surface area contributed by atoms with Crippen molar-refractivity contribution in [3.63, 3.8) is 0 Å². The number of benzene rings is 2. The highest BCUT2D eigenvalue weighted by Crippen LogP contribution is 2.38. The average Bonchev–Trinajstić information content (AvgIpc) is 3.37. The summed E-state index contributed by atoms with van der Waals surface area (Å²) in [6.45, 7) is 6.66. The largest absolute Gasteiger partial charge is 0.497 e. The Morgan fingerprint density at radius 2 is 1.81 bits per heavy atom. The summed E-state index contributed by atoms with van der Waals surface area (Å²) in [5, 5.41) is 21.0. The number of nitrogens with zero attached hydrogens (tertiary/aromatic N) is 3. The molecular weight excluding hydrogens is 538 g/mol. The van der Waals surface area contributed by atoms with Crippen molar-refractivity contribution in [2.24, 2.45) is 0 Å². The molecular formula is C31H35N5O6. The number of carboxylic acids is 1. The van der Waals surface area contributed by atoms with Gasteiger partial charge in [-0.15, -0.1) is 0 Å². The Morgan fingerprint density at radius 3 is 2.48 bits per heavy atom. The van der Waals surface area contributed by atoms with Crippen LogP contribution in [0.3, 0.4) is 0 Å². The van der Waals surface area contributed by atoms with Crippen molar-refractivity contribution in [3.8, 4) is 17.2 Å². The minimum absolute atomic E-state index is 0.0642. The second-order valence-corrected chi connectivity index (χ2v) is 11.3. The zero-order valence-electron chi connectivity index (χ0n) is 24.1. The average molecular weight is 574 g/mol. The Hall–Kier alpha value is -4.80. The number of piperidine rings is 1. The molecule has 0 spiro atoms. The number of nitrogens with one attached hydrogen (secondary N) is 2. The number of methoxy groups -OCH3 is 1. The molecule has 2 aromatic heterocycles. The normalized spacial score (nSPS) is 15.3. The highest BCUT2D eigenvalue weighted by Gasteiger charge is 2.29. The Bertz CT molecular complexity index is 1560. The van der Waals surface area contributed by atoms with Crippen LogP contribution in [-0.2, 0) is 11.2 Å². The van der Waals surface area contributed by atoms with E-state index >= 15 is 0 Å². The number of aromatic amines is 1.